The Balaban J connectivity index is 1.62. The Labute approximate surface area is 147 Å². The maximum Gasteiger partial charge on any atom is 0.512 e. The number of hydrogen-bond acceptors (Lipinski definition) is 7. The van der Waals surface area contributed by atoms with E-state index in [2.05, 4.69) is 4.18 Å². The van der Waals surface area contributed by atoms with Gasteiger partial charge in [-0.25, -0.2) is 8.42 Å². The maximum absolute atomic E-state index is 12.3. The first kappa shape index (κ1) is 19.4. The van der Waals surface area contributed by atoms with Gasteiger partial charge in [-0.2, -0.15) is 21.6 Å². The average Bonchev–Trinajstić information content (AvgIpc) is 3.21. The number of epoxide rings is 1. The lowest BCUT2D eigenvalue weighted by molar-refractivity contribution is -0.0442. The van der Waals surface area contributed by atoms with E-state index in [1.165, 1.54) is 0 Å². The molecule has 2 unspecified atom stereocenters. The summed E-state index contributed by atoms with van der Waals surface area (Å²) in [6.07, 6.45) is -0.771. The lowest BCUT2D eigenvalue weighted by atomic mass is 10.1. The monoisotopic (exact) mass is 417 g/mol. The number of alkyl halides is 3. The van der Waals surface area contributed by atoms with Gasteiger partial charge in [0.2, 0.25) is 0 Å². The lowest BCUT2D eigenvalue weighted by Gasteiger charge is -2.13. The van der Waals surface area contributed by atoms with E-state index in [0.717, 1.165) is 5.56 Å². The molecule has 1 N–H and O–H groups in total. The third kappa shape index (κ3) is 4.65. The Morgan fingerprint density at radius 1 is 1.15 bits per heavy atom. The highest BCUT2D eigenvalue weighted by Crippen LogP contribution is 2.29. The topological polar surface area (TPSA) is 111 Å². The van der Waals surface area contributed by atoms with Crippen molar-refractivity contribution in [1.82, 2.24) is 4.13 Å². The minimum Gasteiger partial charge on any atom is -0.491 e. The zero-order valence-corrected chi connectivity index (χ0v) is 14.7. The molecule has 3 rings (SSSR count). The molecule has 2 atom stereocenters. The Bertz CT molecular complexity index is 895. The predicted octanol–water partition coefficient (Wildman–Crippen LogP) is 0.632. The molecule has 0 bridgehead atoms. The fourth-order valence-corrected chi connectivity index (χ4v) is 4.55. The third-order valence-corrected chi connectivity index (χ3v) is 6.52. The van der Waals surface area contributed by atoms with Gasteiger partial charge in [0.1, 0.15) is 18.5 Å². The SMILES string of the molecule is O=S(=O)(NS(=O)(=O)C(F)(F)F)OC1Cc2ccc(OCC3CO3)cc2C1. The number of ether oxygens (including phenoxy) is 2. The second kappa shape index (κ2) is 6.64. The molecular formula is C13H14F3NO7S2. The maximum atomic E-state index is 12.3. The van der Waals surface area contributed by atoms with Crippen molar-refractivity contribution in [3.05, 3.63) is 29.3 Å². The molecule has 0 saturated carbocycles. The van der Waals surface area contributed by atoms with E-state index in [0.29, 0.717) is 28.7 Å². The number of rotatable bonds is 7. The Hall–Kier alpha value is -1.41. The van der Waals surface area contributed by atoms with E-state index in [1.54, 1.807) is 18.2 Å². The lowest BCUT2D eigenvalue weighted by Crippen LogP contribution is -2.42. The van der Waals surface area contributed by atoms with Gasteiger partial charge in [-0.05, 0) is 23.3 Å². The average molecular weight is 417 g/mol. The van der Waals surface area contributed by atoms with Crippen molar-refractivity contribution in [2.24, 2.45) is 0 Å². The number of fused-ring (bicyclic) bond motifs is 1. The zero-order chi connectivity index (χ0) is 19.2. The van der Waals surface area contributed by atoms with Gasteiger partial charge in [0.05, 0.1) is 12.7 Å². The summed E-state index contributed by atoms with van der Waals surface area (Å²) in [7, 11) is -11.2. The van der Waals surface area contributed by atoms with Crippen LogP contribution >= 0.6 is 0 Å². The van der Waals surface area contributed by atoms with E-state index in [1.807, 2.05) is 0 Å². The van der Waals surface area contributed by atoms with Crippen LogP contribution in [0.4, 0.5) is 13.2 Å². The van der Waals surface area contributed by atoms with E-state index in [-0.39, 0.29) is 18.9 Å². The molecule has 2 aliphatic rings. The fraction of sp³-hybridized carbons (Fsp3) is 0.538. The predicted molar refractivity (Wildman–Crippen MR) is 81.0 cm³/mol. The minimum atomic E-state index is -6.08. The summed E-state index contributed by atoms with van der Waals surface area (Å²) in [5.74, 6) is 0.542. The standard InChI is InChI=1S/C13H14F3NO7S2/c14-13(15,16)25(18,19)17-26(20,21)24-11-3-8-1-2-10(4-9(8)5-11)22-6-12-7-23-12/h1-2,4,11-12,17H,3,5-7H2. The van der Waals surface area contributed by atoms with Gasteiger partial charge >= 0.3 is 25.8 Å². The van der Waals surface area contributed by atoms with Gasteiger partial charge in [0.15, 0.2) is 0 Å². The Morgan fingerprint density at radius 3 is 2.42 bits per heavy atom. The van der Waals surface area contributed by atoms with Crippen LogP contribution in [0.25, 0.3) is 0 Å². The third-order valence-electron chi connectivity index (χ3n) is 3.69. The first-order chi connectivity index (χ1) is 12.0. The van der Waals surface area contributed by atoms with Crippen LogP contribution < -0.4 is 8.86 Å². The summed E-state index contributed by atoms with van der Waals surface area (Å²) in [4.78, 5) is 0. The minimum absolute atomic E-state index is 0.0612. The van der Waals surface area contributed by atoms with Gasteiger partial charge in [-0.3, -0.25) is 4.18 Å². The van der Waals surface area contributed by atoms with Crippen LogP contribution in [-0.2, 0) is 42.1 Å². The molecule has 1 aliphatic carbocycles. The Kier molecular flexibility index (Phi) is 4.94. The molecule has 26 heavy (non-hydrogen) atoms. The van der Waals surface area contributed by atoms with E-state index in [9.17, 15) is 30.0 Å². The van der Waals surface area contributed by atoms with Crippen molar-refractivity contribution in [3.8, 4) is 5.75 Å². The largest absolute Gasteiger partial charge is 0.512 e. The number of sulfonamides is 1. The quantitative estimate of drug-likeness (QED) is 0.648. The highest BCUT2D eigenvalue weighted by atomic mass is 32.3. The van der Waals surface area contributed by atoms with Crippen molar-refractivity contribution in [2.75, 3.05) is 13.2 Å². The molecule has 1 aliphatic heterocycles. The fourth-order valence-electron chi connectivity index (χ4n) is 2.45. The van der Waals surface area contributed by atoms with Crippen molar-refractivity contribution >= 4 is 20.3 Å². The molecule has 1 heterocycles. The number of nitrogens with one attached hydrogen (secondary N) is 1. The highest BCUT2D eigenvalue weighted by Gasteiger charge is 2.49. The summed E-state index contributed by atoms with van der Waals surface area (Å²) in [6.45, 7) is 1.01. The van der Waals surface area contributed by atoms with Crippen molar-refractivity contribution in [3.63, 3.8) is 0 Å². The molecule has 1 fully saturated rings. The molecule has 146 valence electrons. The molecule has 0 spiro atoms. The molecule has 1 aromatic rings. The molecule has 1 saturated heterocycles. The summed E-state index contributed by atoms with van der Waals surface area (Å²) in [6, 6.07) is 5.03. The summed E-state index contributed by atoms with van der Waals surface area (Å²) in [5, 5.41) is 0. The van der Waals surface area contributed by atoms with E-state index >= 15 is 0 Å². The smallest absolute Gasteiger partial charge is 0.491 e. The van der Waals surface area contributed by atoms with Crippen molar-refractivity contribution in [2.45, 2.75) is 30.6 Å². The van der Waals surface area contributed by atoms with Gasteiger partial charge in [0.25, 0.3) is 0 Å². The Morgan fingerprint density at radius 2 is 1.81 bits per heavy atom. The highest BCUT2D eigenvalue weighted by molar-refractivity contribution is 8.03. The van der Waals surface area contributed by atoms with Crippen LogP contribution in [0, 0.1) is 0 Å². The molecule has 8 nitrogen and oxygen atoms in total. The van der Waals surface area contributed by atoms with Crippen LogP contribution in [0.2, 0.25) is 0 Å². The van der Waals surface area contributed by atoms with Crippen LogP contribution in [0.1, 0.15) is 11.1 Å². The van der Waals surface area contributed by atoms with Gasteiger partial charge in [0, 0.05) is 12.8 Å². The number of halogens is 3. The van der Waals surface area contributed by atoms with Crippen molar-refractivity contribution in [1.29, 1.82) is 0 Å². The summed E-state index contributed by atoms with van der Waals surface area (Å²) < 4.78 is 97.5. The molecule has 1 aromatic carbocycles. The molecular weight excluding hydrogens is 403 g/mol. The zero-order valence-electron chi connectivity index (χ0n) is 13.0. The number of hydrogen-bond donors (Lipinski definition) is 1. The first-order valence-electron chi connectivity index (χ1n) is 7.34. The molecule has 0 aromatic heterocycles. The van der Waals surface area contributed by atoms with Crippen LogP contribution in [0.15, 0.2) is 18.2 Å². The second-order valence-electron chi connectivity index (χ2n) is 5.81. The molecule has 0 amide bonds. The molecule has 0 radical (unpaired) electrons. The summed E-state index contributed by atoms with van der Waals surface area (Å²) in [5.41, 5.74) is -4.32. The van der Waals surface area contributed by atoms with Crippen LogP contribution in [-0.4, -0.2) is 47.8 Å². The van der Waals surface area contributed by atoms with Gasteiger partial charge in [-0.1, -0.05) is 10.2 Å². The van der Waals surface area contributed by atoms with Crippen LogP contribution in [0.5, 0.6) is 5.75 Å². The molecule has 13 heteroatoms. The first-order valence-corrected chi connectivity index (χ1v) is 10.2. The van der Waals surface area contributed by atoms with E-state index < -0.39 is 31.9 Å². The van der Waals surface area contributed by atoms with E-state index in [4.69, 9.17) is 9.47 Å². The van der Waals surface area contributed by atoms with Gasteiger partial charge < -0.3 is 9.47 Å². The second-order valence-corrected chi connectivity index (χ2v) is 9.05. The summed E-state index contributed by atoms with van der Waals surface area (Å²) >= 11 is 0. The normalized spacial score (nSPS) is 22.9. The van der Waals surface area contributed by atoms with Gasteiger partial charge in [-0.15, -0.1) is 0 Å². The number of benzene rings is 1. The van der Waals surface area contributed by atoms with Crippen LogP contribution in [0.3, 0.4) is 0 Å². The van der Waals surface area contributed by atoms with Crippen molar-refractivity contribution < 1.29 is 43.7 Å².